The lowest BCUT2D eigenvalue weighted by atomic mass is 10.1. The summed E-state index contributed by atoms with van der Waals surface area (Å²) < 4.78 is 11.5. The van der Waals surface area contributed by atoms with Gasteiger partial charge in [0.2, 0.25) is 0 Å². The summed E-state index contributed by atoms with van der Waals surface area (Å²) in [6.07, 6.45) is 0. The van der Waals surface area contributed by atoms with Gasteiger partial charge in [-0.15, -0.1) is 0 Å². The van der Waals surface area contributed by atoms with Crippen LogP contribution in [0.15, 0.2) is 54.6 Å². The summed E-state index contributed by atoms with van der Waals surface area (Å²) in [5.74, 6) is 0.803. The Balaban J connectivity index is 1.93. The lowest BCUT2D eigenvalue weighted by molar-refractivity contribution is 0.108. The molecule has 0 unspecified atom stereocenters. The van der Waals surface area contributed by atoms with Crippen LogP contribution in [0.1, 0.15) is 22.8 Å². The van der Waals surface area contributed by atoms with Crippen molar-refractivity contribution in [3.8, 4) is 11.5 Å². The summed E-state index contributed by atoms with van der Waals surface area (Å²) in [4.78, 5) is 11.4. The predicted octanol–water partition coefficient (Wildman–Crippen LogP) is 5.85. The molecule has 0 N–H and O–H groups in total. The second kappa shape index (κ2) is 7.77. The molecular weight excluding hydrogens is 359 g/mol. The number of rotatable bonds is 6. The third kappa shape index (κ3) is 3.89. The molecular formula is C20H16Cl2O3. The maximum atomic E-state index is 11.4. The molecule has 25 heavy (non-hydrogen) atoms. The van der Waals surface area contributed by atoms with Crippen molar-refractivity contribution in [1.82, 2.24) is 0 Å². The average molecular weight is 375 g/mol. The van der Waals surface area contributed by atoms with Crippen molar-refractivity contribution < 1.29 is 14.3 Å². The molecule has 5 heteroatoms. The molecule has 0 radical (unpaired) electrons. The molecule has 0 aromatic heterocycles. The van der Waals surface area contributed by atoms with E-state index in [1.807, 2.05) is 37.3 Å². The molecule has 0 fully saturated rings. The van der Waals surface area contributed by atoms with Crippen molar-refractivity contribution in [1.29, 1.82) is 0 Å². The van der Waals surface area contributed by atoms with Gasteiger partial charge in [-0.3, -0.25) is 4.79 Å². The standard InChI is InChI=1S/C20H16Cl2O3/c1-2-24-18-11-15(20(22)23)10-17(21)19(18)25-12-14-8-5-7-13-6-3-4-9-16(13)14/h3-11H,2,12H2,1H3. The Labute approximate surface area is 156 Å². The molecule has 0 amide bonds. The van der Waals surface area contributed by atoms with Gasteiger partial charge in [0.1, 0.15) is 6.61 Å². The third-order valence-electron chi connectivity index (χ3n) is 3.79. The first kappa shape index (κ1) is 17.6. The van der Waals surface area contributed by atoms with Crippen LogP contribution in [0.25, 0.3) is 10.8 Å². The molecule has 0 saturated carbocycles. The fourth-order valence-corrected chi connectivity index (χ4v) is 3.03. The van der Waals surface area contributed by atoms with Crippen LogP contribution in [0.2, 0.25) is 5.02 Å². The second-order valence-corrected chi connectivity index (χ2v) is 6.17. The van der Waals surface area contributed by atoms with Gasteiger partial charge in [-0.2, -0.15) is 0 Å². The largest absolute Gasteiger partial charge is 0.490 e. The maximum Gasteiger partial charge on any atom is 0.252 e. The van der Waals surface area contributed by atoms with Gasteiger partial charge in [0.25, 0.3) is 5.24 Å². The van der Waals surface area contributed by atoms with Gasteiger partial charge in [-0.25, -0.2) is 0 Å². The number of halogens is 2. The minimum Gasteiger partial charge on any atom is -0.490 e. The van der Waals surface area contributed by atoms with Gasteiger partial charge in [0, 0.05) is 5.56 Å². The van der Waals surface area contributed by atoms with Gasteiger partial charge >= 0.3 is 0 Å². The van der Waals surface area contributed by atoms with E-state index in [1.165, 1.54) is 6.07 Å². The van der Waals surface area contributed by atoms with E-state index in [4.69, 9.17) is 32.7 Å². The van der Waals surface area contributed by atoms with E-state index < -0.39 is 5.24 Å². The van der Waals surface area contributed by atoms with Crippen molar-refractivity contribution in [2.75, 3.05) is 6.61 Å². The smallest absolute Gasteiger partial charge is 0.252 e. The first-order valence-corrected chi connectivity index (χ1v) is 8.61. The molecule has 0 spiro atoms. The lowest BCUT2D eigenvalue weighted by Crippen LogP contribution is -2.02. The molecule has 128 valence electrons. The number of hydrogen-bond donors (Lipinski definition) is 0. The van der Waals surface area contributed by atoms with Crippen LogP contribution < -0.4 is 9.47 Å². The van der Waals surface area contributed by atoms with E-state index in [1.54, 1.807) is 6.07 Å². The molecule has 3 nitrogen and oxygen atoms in total. The van der Waals surface area contributed by atoms with Gasteiger partial charge in [-0.05, 0) is 47.0 Å². The molecule has 0 saturated heterocycles. The van der Waals surface area contributed by atoms with Crippen molar-refractivity contribution in [2.24, 2.45) is 0 Å². The zero-order chi connectivity index (χ0) is 17.8. The summed E-state index contributed by atoms with van der Waals surface area (Å²) in [5, 5.41) is 1.95. The van der Waals surface area contributed by atoms with Crippen LogP contribution in [-0.4, -0.2) is 11.8 Å². The molecule has 0 aliphatic carbocycles. The summed E-state index contributed by atoms with van der Waals surface area (Å²) in [7, 11) is 0. The van der Waals surface area contributed by atoms with Crippen molar-refractivity contribution in [3.63, 3.8) is 0 Å². The summed E-state index contributed by atoms with van der Waals surface area (Å²) in [6, 6.07) is 17.2. The molecule has 0 aliphatic heterocycles. The Morgan fingerprint density at radius 3 is 2.56 bits per heavy atom. The minimum absolute atomic E-state index is 0.271. The quantitative estimate of drug-likeness (QED) is 0.507. The predicted molar refractivity (Wildman–Crippen MR) is 101 cm³/mol. The van der Waals surface area contributed by atoms with Crippen LogP contribution in [0.5, 0.6) is 11.5 Å². The van der Waals surface area contributed by atoms with E-state index >= 15 is 0 Å². The Morgan fingerprint density at radius 1 is 1.04 bits per heavy atom. The highest BCUT2D eigenvalue weighted by atomic mass is 35.5. The van der Waals surface area contributed by atoms with Crippen LogP contribution in [-0.2, 0) is 6.61 Å². The third-order valence-corrected chi connectivity index (χ3v) is 4.29. The molecule has 0 aliphatic rings. The van der Waals surface area contributed by atoms with Gasteiger partial charge in [-0.1, -0.05) is 54.1 Å². The number of carbonyl (C=O) groups excluding carboxylic acids is 1. The Hall–Kier alpha value is -2.23. The molecule has 3 aromatic carbocycles. The van der Waals surface area contributed by atoms with E-state index in [2.05, 4.69) is 12.1 Å². The zero-order valence-corrected chi connectivity index (χ0v) is 15.1. The topological polar surface area (TPSA) is 35.5 Å². The van der Waals surface area contributed by atoms with E-state index in [9.17, 15) is 4.79 Å². The van der Waals surface area contributed by atoms with Crippen molar-refractivity contribution >= 4 is 39.2 Å². The van der Waals surface area contributed by atoms with Crippen LogP contribution in [0.3, 0.4) is 0 Å². The number of fused-ring (bicyclic) bond motifs is 1. The fraction of sp³-hybridized carbons (Fsp3) is 0.150. The van der Waals surface area contributed by atoms with E-state index in [0.717, 1.165) is 16.3 Å². The number of ether oxygens (including phenoxy) is 2. The second-order valence-electron chi connectivity index (χ2n) is 5.42. The molecule has 3 rings (SSSR count). The van der Waals surface area contributed by atoms with E-state index in [0.29, 0.717) is 24.7 Å². The summed E-state index contributed by atoms with van der Waals surface area (Å²) >= 11 is 11.8. The monoisotopic (exact) mass is 374 g/mol. The number of hydrogen-bond acceptors (Lipinski definition) is 3. The molecule has 0 atom stereocenters. The normalized spacial score (nSPS) is 10.7. The highest BCUT2D eigenvalue weighted by Crippen LogP contribution is 2.38. The van der Waals surface area contributed by atoms with Crippen LogP contribution in [0.4, 0.5) is 0 Å². The fourth-order valence-electron chi connectivity index (χ4n) is 2.65. The van der Waals surface area contributed by atoms with Crippen molar-refractivity contribution in [3.05, 3.63) is 70.7 Å². The zero-order valence-electron chi connectivity index (χ0n) is 13.6. The van der Waals surface area contributed by atoms with Gasteiger partial charge in [0.15, 0.2) is 11.5 Å². The van der Waals surface area contributed by atoms with E-state index in [-0.39, 0.29) is 10.6 Å². The molecule has 0 heterocycles. The maximum absolute atomic E-state index is 11.4. The number of benzene rings is 3. The summed E-state index contributed by atoms with van der Waals surface area (Å²) in [6.45, 7) is 2.59. The lowest BCUT2D eigenvalue weighted by Gasteiger charge is -2.15. The van der Waals surface area contributed by atoms with Gasteiger partial charge in [0.05, 0.1) is 11.6 Å². The molecule has 0 bridgehead atoms. The van der Waals surface area contributed by atoms with Crippen LogP contribution >= 0.6 is 23.2 Å². The Morgan fingerprint density at radius 2 is 1.80 bits per heavy atom. The SMILES string of the molecule is CCOc1cc(C(=O)Cl)cc(Cl)c1OCc1cccc2ccccc12. The average Bonchev–Trinajstić information content (AvgIpc) is 2.61. The highest BCUT2D eigenvalue weighted by molar-refractivity contribution is 6.67. The number of carbonyl (C=O) groups is 1. The van der Waals surface area contributed by atoms with Crippen LogP contribution in [0, 0.1) is 0 Å². The highest BCUT2D eigenvalue weighted by Gasteiger charge is 2.16. The summed E-state index contributed by atoms with van der Waals surface area (Å²) in [5.41, 5.74) is 1.31. The first-order chi connectivity index (χ1) is 12.1. The van der Waals surface area contributed by atoms with Gasteiger partial charge < -0.3 is 9.47 Å². The minimum atomic E-state index is -0.594. The first-order valence-electron chi connectivity index (χ1n) is 7.85. The Bertz CT molecular complexity index is 917. The Kier molecular flexibility index (Phi) is 5.47. The molecule has 3 aromatic rings. The van der Waals surface area contributed by atoms with Crippen molar-refractivity contribution in [2.45, 2.75) is 13.5 Å².